The van der Waals surface area contributed by atoms with Gasteiger partial charge in [0.25, 0.3) is 5.91 Å². The van der Waals surface area contributed by atoms with Gasteiger partial charge in [-0.3, -0.25) is 9.78 Å². The molecule has 0 aliphatic carbocycles. The first-order chi connectivity index (χ1) is 10.4. The lowest BCUT2D eigenvalue weighted by atomic mass is 9.92. The van der Waals surface area contributed by atoms with Crippen molar-refractivity contribution in [1.82, 2.24) is 14.8 Å². The number of hydrogen-bond acceptors (Lipinski definition) is 4. The Bertz CT molecular complexity index is 518. The second-order valence-electron chi connectivity index (χ2n) is 6.58. The molecule has 0 radical (unpaired) electrons. The number of carbonyl (C=O) groups is 1. The van der Waals surface area contributed by atoms with E-state index in [2.05, 4.69) is 11.9 Å². The van der Waals surface area contributed by atoms with Crippen LogP contribution >= 0.6 is 0 Å². The molecule has 1 aromatic heterocycles. The van der Waals surface area contributed by atoms with Crippen LogP contribution in [0, 0.1) is 0 Å². The van der Waals surface area contributed by atoms with Gasteiger partial charge in [-0.15, -0.1) is 0 Å². The second-order valence-corrected chi connectivity index (χ2v) is 6.58. The highest BCUT2D eigenvalue weighted by atomic mass is 16.3. The normalized spacial score (nSPS) is 22.1. The number of pyridine rings is 1. The standard InChI is InChI=1S/C17H27N3O2/c1-4-6-15-11-14(7-9-18-15)16(21)20-10-5-8-17(22,13-20)12-19(2)3/h7,9,11,22H,4-6,8,10,12-13H2,1-3H3/t17-/m1/s1. The van der Waals surface area contributed by atoms with Crippen molar-refractivity contribution in [3.63, 3.8) is 0 Å². The topological polar surface area (TPSA) is 56.7 Å². The monoisotopic (exact) mass is 305 g/mol. The van der Waals surface area contributed by atoms with E-state index in [0.29, 0.717) is 25.2 Å². The number of β-amino-alcohol motifs (C(OH)–C–C–N with tert-alkyl or cyclic N) is 1. The van der Waals surface area contributed by atoms with Gasteiger partial charge < -0.3 is 14.9 Å². The van der Waals surface area contributed by atoms with Gasteiger partial charge in [-0.05, 0) is 45.5 Å². The second kappa shape index (κ2) is 7.20. The molecule has 1 N–H and O–H groups in total. The molecule has 1 aliphatic rings. The Morgan fingerprint density at radius 2 is 2.27 bits per heavy atom. The highest BCUT2D eigenvalue weighted by molar-refractivity contribution is 5.94. The molecule has 1 saturated heterocycles. The van der Waals surface area contributed by atoms with E-state index in [-0.39, 0.29) is 5.91 Å². The molecular weight excluding hydrogens is 278 g/mol. The van der Waals surface area contributed by atoms with Crippen LogP contribution in [0.2, 0.25) is 0 Å². The molecule has 1 aliphatic heterocycles. The first-order valence-corrected chi connectivity index (χ1v) is 8.05. The number of hydrogen-bond donors (Lipinski definition) is 1. The predicted octanol–water partition coefficient (Wildman–Crippen LogP) is 1.56. The van der Waals surface area contributed by atoms with Crippen LogP contribution in [0.4, 0.5) is 0 Å². The SMILES string of the molecule is CCCc1cc(C(=O)N2CCC[C@@](O)(CN(C)C)C2)ccn1. The van der Waals surface area contributed by atoms with Gasteiger partial charge in [0.05, 0.1) is 12.1 Å². The number of aromatic nitrogens is 1. The molecule has 5 nitrogen and oxygen atoms in total. The van der Waals surface area contributed by atoms with Crippen LogP contribution in [0.1, 0.15) is 42.2 Å². The van der Waals surface area contributed by atoms with Crippen LogP contribution in [0.5, 0.6) is 0 Å². The lowest BCUT2D eigenvalue weighted by molar-refractivity contribution is -0.0391. The molecule has 0 unspecified atom stereocenters. The minimum Gasteiger partial charge on any atom is -0.387 e. The first-order valence-electron chi connectivity index (χ1n) is 8.05. The maximum Gasteiger partial charge on any atom is 0.254 e. The van der Waals surface area contributed by atoms with Gasteiger partial charge in [0.15, 0.2) is 0 Å². The van der Waals surface area contributed by atoms with Crippen molar-refractivity contribution < 1.29 is 9.90 Å². The maximum absolute atomic E-state index is 12.7. The molecule has 1 amide bonds. The third-order valence-corrected chi connectivity index (χ3v) is 4.02. The number of carbonyl (C=O) groups excluding carboxylic acids is 1. The van der Waals surface area contributed by atoms with Crippen LogP contribution in [0.25, 0.3) is 0 Å². The predicted molar refractivity (Wildman–Crippen MR) is 86.9 cm³/mol. The van der Waals surface area contributed by atoms with Crippen molar-refractivity contribution >= 4 is 5.91 Å². The summed E-state index contributed by atoms with van der Waals surface area (Å²) in [7, 11) is 3.89. The largest absolute Gasteiger partial charge is 0.387 e. The summed E-state index contributed by atoms with van der Waals surface area (Å²) >= 11 is 0. The molecule has 1 atom stereocenters. The summed E-state index contributed by atoms with van der Waals surface area (Å²) in [5.74, 6) is -0.00312. The minimum absolute atomic E-state index is 0.00312. The highest BCUT2D eigenvalue weighted by Gasteiger charge is 2.35. The van der Waals surface area contributed by atoms with Crippen LogP contribution in [-0.2, 0) is 6.42 Å². The Labute approximate surface area is 132 Å². The van der Waals surface area contributed by atoms with Gasteiger partial charge in [-0.1, -0.05) is 13.3 Å². The number of piperidine rings is 1. The Hall–Kier alpha value is -1.46. The lowest BCUT2D eigenvalue weighted by Crippen LogP contribution is -2.54. The van der Waals surface area contributed by atoms with Crippen LogP contribution < -0.4 is 0 Å². The quantitative estimate of drug-likeness (QED) is 0.897. The molecule has 5 heteroatoms. The third-order valence-electron chi connectivity index (χ3n) is 4.02. The van der Waals surface area contributed by atoms with E-state index in [1.54, 1.807) is 17.2 Å². The Morgan fingerprint density at radius 3 is 2.95 bits per heavy atom. The summed E-state index contributed by atoms with van der Waals surface area (Å²) in [6.45, 7) is 3.78. The fraction of sp³-hybridized carbons (Fsp3) is 0.647. The fourth-order valence-electron chi connectivity index (χ4n) is 3.19. The summed E-state index contributed by atoms with van der Waals surface area (Å²) in [5.41, 5.74) is 0.818. The van der Waals surface area contributed by atoms with Gasteiger partial charge >= 0.3 is 0 Å². The van der Waals surface area contributed by atoms with E-state index in [1.807, 2.05) is 25.1 Å². The molecule has 0 bridgehead atoms. The molecular formula is C17H27N3O2. The van der Waals surface area contributed by atoms with E-state index in [0.717, 1.165) is 31.4 Å². The smallest absolute Gasteiger partial charge is 0.254 e. The van der Waals surface area contributed by atoms with Crippen molar-refractivity contribution in [2.75, 3.05) is 33.7 Å². The Balaban J connectivity index is 2.10. The number of likely N-dealkylation sites (N-methyl/N-ethyl adjacent to an activating group) is 1. The Morgan fingerprint density at radius 1 is 1.50 bits per heavy atom. The van der Waals surface area contributed by atoms with E-state index >= 15 is 0 Å². The summed E-state index contributed by atoms with van der Waals surface area (Å²) in [6.07, 6.45) is 5.17. The number of aryl methyl sites for hydroxylation is 1. The molecule has 2 rings (SSSR count). The van der Waals surface area contributed by atoms with E-state index in [1.165, 1.54) is 0 Å². The summed E-state index contributed by atoms with van der Waals surface area (Å²) in [6, 6.07) is 3.65. The van der Waals surface area contributed by atoms with Crippen molar-refractivity contribution in [2.24, 2.45) is 0 Å². The third kappa shape index (κ3) is 4.27. The van der Waals surface area contributed by atoms with Gasteiger partial charge in [0.2, 0.25) is 0 Å². The number of aliphatic hydroxyl groups is 1. The zero-order chi connectivity index (χ0) is 16.2. The average Bonchev–Trinajstić information content (AvgIpc) is 2.46. The number of likely N-dealkylation sites (tertiary alicyclic amines) is 1. The van der Waals surface area contributed by atoms with Crippen LogP contribution in [0.3, 0.4) is 0 Å². The number of nitrogens with zero attached hydrogens (tertiary/aromatic N) is 3. The van der Waals surface area contributed by atoms with Crippen molar-refractivity contribution in [3.05, 3.63) is 29.6 Å². The van der Waals surface area contributed by atoms with Gasteiger partial charge in [0, 0.05) is 30.5 Å². The number of amides is 1. The molecule has 1 aromatic rings. The van der Waals surface area contributed by atoms with Gasteiger partial charge in [-0.25, -0.2) is 0 Å². The highest BCUT2D eigenvalue weighted by Crippen LogP contribution is 2.23. The Kier molecular flexibility index (Phi) is 5.53. The minimum atomic E-state index is -0.809. The molecule has 0 spiro atoms. The number of rotatable bonds is 5. The molecule has 1 fully saturated rings. The van der Waals surface area contributed by atoms with Crippen molar-refractivity contribution in [2.45, 2.75) is 38.2 Å². The average molecular weight is 305 g/mol. The maximum atomic E-state index is 12.7. The van der Waals surface area contributed by atoms with Crippen molar-refractivity contribution in [1.29, 1.82) is 0 Å². The van der Waals surface area contributed by atoms with Gasteiger partial charge in [0.1, 0.15) is 0 Å². The van der Waals surface area contributed by atoms with Crippen LogP contribution in [-0.4, -0.2) is 65.1 Å². The molecule has 0 saturated carbocycles. The zero-order valence-corrected chi connectivity index (χ0v) is 13.9. The lowest BCUT2D eigenvalue weighted by Gasteiger charge is -2.40. The van der Waals surface area contributed by atoms with E-state index in [9.17, 15) is 9.90 Å². The molecule has 122 valence electrons. The fourth-order valence-corrected chi connectivity index (χ4v) is 3.19. The summed E-state index contributed by atoms with van der Waals surface area (Å²) in [4.78, 5) is 20.7. The summed E-state index contributed by atoms with van der Waals surface area (Å²) < 4.78 is 0. The van der Waals surface area contributed by atoms with E-state index < -0.39 is 5.60 Å². The molecule has 0 aromatic carbocycles. The first kappa shape index (κ1) is 16.9. The molecule has 2 heterocycles. The van der Waals surface area contributed by atoms with Crippen LogP contribution in [0.15, 0.2) is 18.3 Å². The van der Waals surface area contributed by atoms with Gasteiger partial charge in [-0.2, -0.15) is 0 Å². The van der Waals surface area contributed by atoms with Crippen molar-refractivity contribution in [3.8, 4) is 0 Å². The van der Waals surface area contributed by atoms with E-state index in [4.69, 9.17) is 0 Å². The summed E-state index contributed by atoms with van der Waals surface area (Å²) in [5, 5.41) is 10.7. The molecule has 22 heavy (non-hydrogen) atoms. The zero-order valence-electron chi connectivity index (χ0n) is 13.9.